The highest BCUT2D eigenvalue weighted by molar-refractivity contribution is 7.92. The summed E-state index contributed by atoms with van der Waals surface area (Å²) in [6, 6.07) is 0.0982. The average Bonchev–Trinajstić information content (AvgIpc) is 2.12. The van der Waals surface area contributed by atoms with Crippen molar-refractivity contribution in [1.29, 1.82) is 0 Å². The summed E-state index contributed by atoms with van der Waals surface area (Å²) in [4.78, 5) is 11.5. The highest BCUT2D eigenvalue weighted by atomic mass is 32.2. The summed E-state index contributed by atoms with van der Waals surface area (Å²) in [6.07, 6.45) is 2.10. The molecular weight excluding hydrogens is 238 g/mol. The molecule has 0 heterocycles. The van der Waals surface area contributed by atoms with Crippen molar-refractivity contribution in [2.75, 3.05) is 5.75 Å². The van der Waals surface area contributed by atoms with Crippen LogP contribution in [0, 0.1) is 0 Å². The van der Waals surface area contributed by atoms with Crippen molar-refractivity contribution >= 4 is 15.6 Å². The summed E-state index contributed by atoms with van der Waals surface area (Å²) in [7, 11) is -3.18. The Morgan fingerprint density at radius 1 is 1.24 bits per heavy atom. The largest absolute Gasteiger partial charge is 0.328 e. The number of carbonyl (C=O) groups excluding carboxylic acids is 1. The van der Waals surface area contributed by atoms with Crippen molar-refractivity contribution in [1.82, 2.24) is 0 Å². The fourth-order valence-electron chi connectivity index (χ4n) is 1.30. The highest BCUT2D eigenvalue weighted by Crippen LogP contribution is 2.17. The zero-order chi connectivity index (χ0) is 13.7. The van der Waals surface area contributed by atoms with E-state index in [0.29, 0.717) is 6.42 Å². The van der Waals surface area contributed by atoms with E-state index in [0.717, 1.165) is 12.8 Å². The standard InChI is InChI=1S/C12H25NO3S/c1-10(13)6-5-7-11(14)8-9-17(15,16)12(2,3)4/h10H,5-9,13H2,1-4H3. The monoisotopic (exact) mass is 263 g/mol. The van der Waals surface area contributed by atoms with Gasteiger partial charge in [0.05, 0.1) is 10.5 Å². The minimum Gasteiger partial charge on any atom is -0.328 e. The first-order valence-electron chi connectivity index (χ1n) is 6.06. The summed E-state index contributed by atoms with van der Waals surface area (Å²) in [5.41, 5.74) is 5.57. The van der Waals surface area contributed by atoms with Gasteiger partial charge in [0.15, 0.2) is 9.84 Å². The SMILES string of the molecule is CC(N)CCCC(=O)CCS(=O)(=O)C(C)(C)C. The van der Waals surface area contributed by atoms with Crippen molar-refractivity contribution in [3.8, 4) is 0 Å². The molecule has 0 aromatic heterocycles. The Bertz CT molecular complexity index is 339. The molecule has 4 nitrogen and oxygen atoms in total. The molecule has 0 bridgehead atoms. The molecule has 17 heavy (non-hydrogen) atoms. The van der Waals surface area contributed by atoms with Crippen LogP contribution in [0.25, 0.3) is 0 Å². The van der Waals surface area contributed by atoms with Gasteiger partial charge in [0.1, 0.15) is 5.78 Å². The van der Waals surface area contributed by atoms with Gasteiger partial charge in [-0.15, -0.1) is 0 Å². The molecule has 0 aliphatic carbocycles. The van der Waals surface area contributed by atoms with Crippen LogP contribution in [0.4, 0.5) is 0 Å². The van der Waals surface area contributed by atoms with Gasteiger partial charge in [0.2, 0.25) is 0 Å². The molecule has 0 saturated carbocycles. The molecule has 0 saturated heterocycles. The van der Waals surface area contributed by atoms with Crippen molar-refractivity contribution in [3.63, 3.8) is 0 Å². The number of hydrogen-bond acceptors (Lipinski definition) is 4. The van der Waals surface area contributed by atoms with Gasteiger partial charge in [-0.1, -0.05) is 0 Å². The van der Waals surface area contributed by atoms with E-state index in [1.807, 2.05) is 6.92 Å². The molecule has 1 unspecified atom stereocenters. The van der Waals surface area contributed by atoms with Gasteiger partial charge < -0.3 is 5.73 Å². The number of carbonyl (C=O) groups is 1. The Kier molecular flexibility index (Phi) is 6.34. The van der Waals surface area contributed by atoms with Gasteiger partial charge in [0.25, 0.3) is 0 Å². The lowest BCUT2D eigenvalue weighted by atomic mass is 10.1. The Balaban J connectivity index is 4.01. The number of hydrogen-bond donors (Lipinski definition) is 1. The third-order valence-corrected chi connectivity index (χ3v) is 5.31. The maximum atomic E-state index is 11.8. The van der Waals surface area contributed by atoms with Crippen LogP contribution < -0.4 is 5.73 Å². The zero-order valence-electron chi connectivity index (χ0n) is 11.3. The molecule has 0 aliphatic rings. The van der Waals surface area contributed by atoms with Crippen molar-refractivity contribution in [3.05, 3.63) is 0 Å². The molecule has 0 rings (SSSR count). The first-order chi connectivity index (χ1) is 7.56. The first-order valence-corrected chi connectivity index (χ1v) is 7.71. The molecule has 5 heteroatoms. The lowest BCUT2D eigenvalue weighted by molar-refractivity contribution is -0.118. The maximum Gasteiger partial charge on any atom is 0.155 e. The summed E-state index contributed by atoms with van der Waals surface area (Å²) < 4.78 is 22.8. The summed E-state index contributed by atoms with van der Waals surface area (Å²) >= 11 is 0. The van der Waals surface area contributed by atoms with Gasteiger partial charge in [-0.3, -0.25) is 4.79 Å². The van der Waals surface area contributed by atoms with Crippen molar-refractivity contribution < 1.29 is 13.2 Å². The van der Waals surface area contributed by atoms with Crippen LogP contribution in [0.2, 0.25) is 0 Å². The Labute approximate surface area is 105 Å². The van der Waals surface area contributed by atoms with E-state index in [1.54, 1.807) is 20.8 Å². The molecule has 0 aliphatic heterocycles. The molecule has 0 spiro atoms. The van der Waals surface area contributed by atoms with E-state index in [1.165, 1.54) is 0 Å². The molecule has 1 atom stereocenters. The lowest BCUT2D eigenvalue weighted by Gasteiger charge is -2.18. The lowest BCUT2D eigenvalue weighted by Crippen LogP contribution is -2.31. The molecule has 0 aromatic carbocycles. The second-order valence-corrected chi connectivity index (χ2v) is 8.45. The van der Waals surface area contributed by atoms with Crippen LogP contribution in [-0.2, 0) is 14.6 Å². The number of nitrogens with two attached hydrogens (primary N) is 1. The van der Waals surface area contributed by atoms with Gasteiger partial charge in [-0.2, -0.15) is 0 Å². The molecule has 0 fully saturated rings. The zero-order valence-corrected chi connectivity index (χ0v) is 12.1. The smallest absolute Gasteiger partial charge is 0.155 e. The molecule has 0 amide bonds. The van der Waals surface area contributed by atoms with E-state index in [9.17, 15) is 13.2 Å². The Hall–Kier alpha value is -0.420. The van der Waals surface area contributed by atoms with Gasteiger partial charge in [-0.05, 0) is 40.5 Å². The number of Topliss-reactive ketones (excluding diaryl/α,β-unsaturated/α-hetero) is 1. The van der Waals surface area contributed by atoms with Crippen molar-refractivity contribution in [2.24, 2.45) is 5.73 Å². The van der Waals surface area contributed by atoms with E-state index in [-0.39, 0.29) is 24.0 Å². The van der Waals surface area contributed by atoms with Crippen LogP contribution in [0.3, 0.4) is 0 Å². The van der Waals surface area contributed by atoms with Gasteiger partial charge >= 0.3 is 0 Å². The first kappa shape index (κ1) is 16.6. The summed E-state index contributed by atoms with van der Waals surface area (Å²) in [6.45, 7) is 6.86. The number of ketones is 1. The summed E-state index contributed by atoms with van der Waals surface area (Å²) in [5, 5.41) is 0. The molecule has 0 radical (unpaired) electrons. The minimum absolute atomic E-state index is 0.0125. The topological polar surface area (TPSA) is 77.2 Å². The number of sulfone groups is 1. The Morgan fingerprint density at radius 2 is 1.76 bits per heavy atom. The maximum absolute atomic E-state index is 11.8. The molecule has 2 N–H and O–H groups in total. The second-order valence-electron chi connectivity index (χ2n) is 5.59. The highest BCUT2D eigenvalue weighted by Gasteiger charge is 2.28. The van der Waals surface area contributed by atoms with E-state index >= 15 is 0 Å². The quantitative estimate of drug-likeness (QED) is 0.758. The molecule has 0 aromatic rings. The predicted octanol–water partition coefficient (Wildman–Crippen LogP) is 1.68. The van der Waals surface area contributed by atoms with Crippen LogP contribution in [-0.4, -0.2) is 30.7 Å². The fourth-order valence-corrected chi connectivity index (χ4v) is 2.41. The van der Waals surface area contributed by atoms with Crippen molar-refractivity contribution in [2.45, 2.75) is 64.2 Å². The third-order valence-electron chi connectivity index (χ3n) is 2.70. The van der Waals surface area contributed by atoms with Gasteiger partial charge in [-0.25, -0.2) is 8.42 Å². The fraction of sp³-hybridized carbons (Fsp3) is 0.917. The Morgan fingerprint density at radius 3 is 2.18 bits per heavy atom. The number of rotatable bonds is 7. The van der Waals surface area contributed by atoms with E-state index in [2.05, 4.69) is 0 Å². The van der Waals surface area contributed by atoms with Gasteiger partial charge in [0, 0.05) is 18.9 Å². The van der Waals surface area contributed by atoms with E-state index in [4.69, 9.17) is 5.73 Å². The third kappa shape index (κ3) is 6.78. The summed E-state index contributed by atoms with van der Waals surface area (Å²) in [5.74, 6) is -0.0356. The average molecular weight is 263 g/mol. The van der Waals surface area contributed by atoms with E-state index < -0.39 is 14.6 Å². The normalized spacial score (nSPS) is 14.6. The predicted molar refractivity (Wildman–Crippen MR) is 70.7 cm³/mol. The minimum atomic E-state index is -3.18. The van der Waals surface area contributed by atoms with Crippen LogP contribution >= 0.6 is 0 Å². The molecule has 102 valence electrons. The second kappa shape index (κ2) is 6.50. The van der Waals surface area contributed by atoms with Crippen LogP contribution in [0.5, 0.6) is 0 Å². The van der Waals surface area contributed by atoms with Crippen LogP contribution in [0.15, 0.2) is 0 Å². The van der Waals surface area contributed by atoms with Crippen LogP contribution in [0.1, 0.15) is 53.4 Å². The molecular formula is C12H25NO3S.